The van der Waals surface area contributed by atoms with Gasteiger partial charge in [0.1, 0.15) is 22.2 Å². The van der Waals surface area contributed by atoms with Crippen LogP contribution in [0.5, 0.6) is 0 Å². The smallest absolute Gasteiger partial charge is 0.260 e. The van der Waals surface area contributed by atoms with Gasteiger partial charge in [-0.05, 0) is 49.2 Å². The minimum absolute atomic E-state index is 0.148. The molecule has 1 saturated heterocycles. The summed E-state index contributed by atoms with van der Waals surface area (Å²) in [5, 5.41) is 2.48. The van der Waals surface area contributed by atoms with Crippen LogP contribution in [0.3, 0.4) is 0 Å². The van der Waals surface area contributed by atoms with Gasteiger partial charge in [-0.3, -0.25) is 9.69 Å². The van der Waals surface area contributed by atoms with E-state index in [9.17, 15) is 9.18 Å². The lowest BCUT2D eigenvalue weighted by molar-refractivity contribution is 0.242. The van der Waals surface area contributed by atoms with Crippen molar-refractivity contribution in [2.45, 2.75) is 25.4 Å². The number of likely N-dealkylation sites (tertiary alicyclic amines) is 1. The van der Waals surface area contributed by atoms with E-state index < -0.39 is 0 Å². The molecule has 1 atom stereocenters. The molecule has 0 aliphatic carbocycles. The molecule has 5 rings (SSSR count). The summed E-state index contributed by atoms with van der Waals surface area (Å²) in [6.07, 6.45) is 3.67. The number of H-pyrrole nitrogens is 1. The molecule has 142 valence electrons. The van der Waals surface area contributed by atoms with Crippen LogP contribution < -0.4 is 5.56 Å². The molecule has 7 heteroatoms. The molecule has 4 heterocycles. The second kappa shape index (κ2) is 7.00. The molecule has 28 heavy (non-hydrogen) atoms. The van der Waals surface area contributed by atoms with Crippen molar-refractivity contribution in [3.05, 3.63) is 75.6 Å². The average molecular weight is 395 g/mol. The molecule has 0 bridgehead atoms. The number of nitrogens with zero attached hydrogens (tertiary/aromatic N) is 2. The maximum absolute atomic E-state index is 13.2. The molecule has 3 aromatic heterocycles. The fourth-order valence-corrected chi connectivity index (χ4v) is 4.90. The summed E-state index contributed by atoms with van der Waals surface area (Å²) in [4.78, 5) is 23.4. The molecular formula is C21H18FN3O2S. The van der Waals surface area contributed by atoms with Crippen LogP contribution in [0.25, 0.3) is 21.5 Å². The normalized spacial score (nSPS) is 17.5. The standard InChI is InChI=1S/C21H18FN3O2S/c22-14-7-5-13(6-8-14)16-3-1-9-25(16)11-18-23-20(26)19-15(12-28-21(19)24-18)17-4-2-10-27-17/h2,4-8,10,12,16H,1,3,9,11H2,(H,23,24,26)/t16-/m1/s1. The Bertz CT molecular complexity index is 1160. The van der Waals surface area contributed by atoms with E-state index in [0.717, 1.165) is 30.5 Å². The number of thiophene rings is 1. The van der Waals surface area contributed by atoms with Gasteiger partial charge < -0.3 is 9.40 Å². The topological polar surface area (TPSA) is 62.1 Å². The van der Waals surface area contributed by atoms with E-state index in [-0.39, 0.29) is 17.4 Å². The average Bonchev–Trinajstić information content (AvgIpc) is 3.42. The van der Waals surface area contributed by atoms with Crippen LogP contribution >= 0.6 is 11.3 Å². The van der Waals surface area contributed by atoms with E-state index >= 15 is 0 Å². The van der Waals surface area contributed by atoms with Crippen LogP contribution in [0.1, 0.15) is 30.3 Å². The molecule has 1 aliphatic heterocycles. The zero-order chi connectivity index (χ0) is 19.1. The van der Waals surface area contributed by atoms with Gasteiger partial charge in [0.15, 0.2) is 0 Å². The van der Waals surface area contributed by atoms with Crippen LogP contribution in [-0.2, 0) is 6.54 Å². The van der Waals surface area contributed by atoms with Crippen molar-refractivity contribution < 1.29 is 8.81 Å². The Morgan fingerprint density at radius 3 is 2.93 bits per heavy atom. The molecule has 5 nitrogen and oxygen atoms in total. The van der Waals surface area contributed by atoms with Gasteiger partial charge in [0.05, 0.1) is 18.2 Å². The summed E-state index contributed by atoms with van der Waals surface area (Å²) in [5.41, 5.74) is 1.72. The molecule has 0 spiro atoms. The number of halogens is 1. The van der Waals surface area contributed by atoms with Crippen molar-refractivity contribution in [2.24, 2.45) is 0 Å². The number of benzene rings is 1. The molecule has 1 aromatic carbocycles. The molecule has 1 fully saturated rings. The van der Waals surface area contributed by atoms with E-state index in [1.165, 1.54) is 23.5 Å². The highest BCUT2D eigenvalue weighted by Gasteiger charge is 2.27. The maximum Gasteiger partial charge on any atom is 0.260 e. The highest BCUT2D eigenvalue weighted by Crippen LogP contribution is 2.34. The fourth-order valence-electron chi connectivity index (χ4n) is 3.95. The van der Waals surface area contributed by atoms with E-state index in [1.54, 1.807) is 12.3 Å². The first-order valence-electron chi connectivity index (χ1n) is 9.23. The third-order valence-corrected chi connectivity index (χ3v) is 6.12. The lowest BCUT2D eigenvalue weighted by Gasteiger charge is -2.24. The second-order valence-corrected chi connectivity index (χ2v) is 7.86. The number of nitrogens with one attached hydrogen (secondary N) is 1. The largest absolute Gasteiger partial charge is 0.464 e. The van der Waals surface area contributed by atoms with Crippen LogP contribution in [-0.4, -0.2) is 21.4 Å². The first-order chi connectivity index (χ1) is 13.7. The third-order valence-electron chi connectivity index (χ3n) is 5.25. The van der Waals surface area contributed by atoms with Crippen molar-refractivity contribution in [2.75, 3.05) is 6.54 Å². The monoisotopic (exact) mass is 395 g/mol. The Hall–Kier alpha value is -2.77. The molecule has 0 saturated carbocycles. The number of hydrogen-bond acceptors (Lipinski definition) is 5. The number of rotatable bonds is 4. The van der Waals surface area contributed by atoms with Gasteiger partial charge in [-0.25, -0.2) is 9.37 Å². The van der Waals surface area contributed by atoms with Crippen molar-refractivity contribution in [3.8, 4) is 11.3 Å². The Morgan fingerprint density at radius 1 is 1.29 bits per heavy atom. The number of fused-ring (bicyclic) bond motifs is 1. The minimum atomic E-state index is -0.227. The molecule has 0 unspecified atom stereocenters. The summed E-state index contributed by atoms with van der Waals surface area (Å²) >= 11 is 1.45. The SMILES string of the molecule is O=c1[nH]c(CN2CCC[C@@H]2c2ccc(F)cc2)nc2scc(-c3ccco3)c12. The van der Waals surface area contributed by atoms with Gasteiger partial charge in [0, 0.05) is 17.0 Å². The molecule has 1 aliphatic rings. The van der Waals surface area contributed by atoms with Gasteiger partial charge in [0.2, 0.25) is 0 Å². The predicted molar refractivity (Wildman–Crippen MR) is 107 cm³/mol. The van der Waals surface area contributed by atoms with E-state index in [0.29, 0.717) is 28.3 Å². The minimum Gasteiger partial charge on any atom is -0.464 e. The summed E-state index contributed by atoms with van der Waals surface area (Å²) in [5.74, 6) is 1.09. The second-order valence-electron chi connectivity index (χ2n) is 7.00. The van der Waals surface area contributed by atoms with E-state index in [2.05, 4.69) is 9.88 Å². The quantitative estimate of drug-likeness (QED) is 0.543. The summed E-state index contributed by atoms with van der Waals surface area (Å²) < 4.78 is 18.7. The van der Waals surface area contributed by atoms with Gasteiger partial charge in [-0.1, -0.05) is 12.1 Å². The van der Waals surface area contributed by atoms with Crippen molar-refractivity contribution in [1.29, 1.82) is 0 Å². The highest BCUT2D eigenvalue weighted by molar-refractivity contribution is 7.17. The number of hydrogen-bond donors (Lipinski definition) is 1. The third kappa shape index (κ3) is 3.06. The van der Waals surface area contributed by atoms with Crippen LogP contribution in [0.4, 0.5) is 4.39 Å². The Labute approximate surface area is 164 Å². The van der Waals surface area contributed by atoms with Crippen molar-refractivity contribution in [3.63, 3.8) is 0 Å². The summed E-state index contributed by atoms with van der Waals surface area (Å²) in [7, 11) is 0. The molecule has 0 amide bonds. The van der Waals surface area contributed by atoms with E-state index in [1.807, 2.05) is 23.6 Å². The lowest BCUT2D eigenvalue weighted by Crippen LogP contribution is -2.25. The fraction of sp³-hybridized carbons (Fsp3) is 0.238. The maximum atomic E-state index is 13.2. The van der Waals surface area contributed by atoms with Gasteiger partial charge in [-0.15, -0.1) is 11.3 Å². The van der Waals surface area contributed by atoms with Crippen LogP contribution in [0.2, 0.25) is 0 Å². The number of aromatic nitrogens is 2. The summed E-state index contributed by atoms with van der Waals surface area (Å²) in [6.45, 7) is 1.48. The number of aromatic amines is 1. The van der Waals surface area contributed by atoms with Crippen LogP contribution in [0.15, 0.2) is 57.3 Å². The first-order valence-corrected chi connectivity index (χ1v) is 10.1. The lowest BCUT2D eigenvalue weighted by atomic mass is 10.0. The molecule has 0 radical (unpaired) electrons. The van der Waals surface area contributed by atoms with Gasteiger partial charge in [0.25, 0.3) is 5.56 Å². The molecular weight excluding hydrogens is 377 g/mol. The molecule has 1 N–H and O–H groups in total. The molecule has 4 aromatic rings. The van der Waals surface area contributed by atoms with Crippen molar-refractivity contribution >= 4 is 21.6 Å². The highest BCUT2D eigenvalue weighted by atomic mass is 32.1. The number of furan rings is 1. The van der Waals surface area contributed by atoms with Crippen molar-refractivity contribution in [1.82, 2.24) is 14.9 Å². The van der Waals surface area contributed by atoms with Crippen LogP contribution in [0, 0.1) is 5.82 Å². The summed E-state index contributed by atoms with van der Waals surface area (Å²) in [6, 6.07) is 10.5. The zero-order valence-electron chi connectivity index (χ0n) is 15.0. The Balaban J connectivity index is 1.45. The van der Waals surface area contributed by atoms with Gasteiger partial charge >= 0.3 is 0 Å². The predicted octanol–water partition coefficient (Wildman–Crippen LogP) is 4.72. The zero-order valence-corrected chi connectivity index (χ0v) is 15.8. The Kier molecular flexibility index (Phi) is 4.33. The van der Waals surface area contributed by atoms with Gasteiger partial charge in [-0.2, -0.15) is 0 Å². The Morgan fingerprint density at radius 2 is 2.14 bits per heavy atom. The first kappa shape index (κ1) is 17.3. The van der Waals surface area contributed by atoms with E-state index in [4.69, 9.17) is 9.40 Å².